The van der Waals surface area contributed by atoms with Crippen LogP contribution < -0.4 is 15.4 Å². The molecule has 1 aliphatic heterocycles. The number of nitrogens with zero attached hydrogens (tertiary/aromatic N) is 2. The number of guanidine groups is 1. The Morgan fingerprint density at radius 1 is 1.21 bits per heavy atom. The number of ether oxygens (including phenoxy) is 3. The molecule has 166 valence electrons. The van der Waals surface area contributed by atoms with Gasteiger partial charge in [0.05, 0.1) is 26.9 Å². The number of aliphatic imine (C=N–C) groups is 1. The van der Waals surface area contributed by atoms with E-state index in [1.54, 1.807) is 7.11 Å². The van der Waals surface area contributed by atoms with Gasteiger partial charge in [-0.05, 0) is 38.0 Å². The molecule has 1 aromatic carbocycles. The molecule has 29 heavy (non-hydrogen) atoms. The lowest BCUT2D eigenvalue weighted by molar-refractivity contribution is 0.0211. The van der Waals surface area contributed by atoms with Crippen LogP contribution in [0.4, 0.5) is 0 Å². The van der Waals surface area contributed by atoms with E-state index >= 15 is 0 Å². The SMILES string of the molecule is CCOCCCNC(=NCc1ccc(OC)cc1)NCC(C)N1CCOCC1.I. The van der Waals surface area contributed by atoms with Gasteiger partial charge in [0.25, 0.3) is 0 Å². The van der Waals surface area contributed by atoms with Crippen LogP contribution >= 0.6 is 24.0 Å². The van der Waals surface area contributed by atoms with E-state index < -0.39 is 0 Å². The number of halogens is 1. The lowest BCUT2D eigenvalue weighted by atomic mass is 10.2. The van der Waals surface area contributed by atoms with Crippen molar-refractivity contribution in [1.82, 2.24) is 15.5 Å². The fourth-order valence-corrected chi connectivity index (χ4v) is 2.99. The van der Waals surface area contributed by atoms with E-state index in [4.69, 9.17) is 19.2 Å². The summed E-state index contributed by atoms with van der Waals surface area (Å²) in [7, 11) is 1.68. The average Bonchev–Trinajstić information content (AvgIpc) is 2.75. The molecule has 1 heterocycles. The van der Waals surface area contributed by atoms with Crippen LogP contribution in [0.5, 0.6) is 5.75 Å². The molecule has 1 fully saturated rings. The fraction of sp³-hybridized carbons (Fsp3) is 0.667. The van der Waals surface area contributed by atoms with Crippen LogP contribution in [0.2, 0.25) is 0 Å². The highest BCUT2D eigenvalue weighted by Crippen LogP contribution is 2.11. The Morgan fingerprint density at radius 3 is 2.59 bits per heavy atom. The Hall–Kier alpha value is -1.10. The fourth-order valence-electron chi connectivity index (χ4n) is 2.99. The summed E-state index contributed by atoms with van der Waals surface area (Å²) < 4.78 is 16.1. The first kappa shape index (κ1) is 25.9. The highest BCUT2D eigenvalue weighted by molar-refractivity contribution is 14.0. The quantitative estimate of drug-likeness (QED) is 0.202. The van der Waals surface area contributed by atoms with Gasteiger partial charge in [-0.2, -0.15) is 0 Å². The number of morpholine rings is 1. The molecule has 0 spiro atoms. The number of rotatable bonds is 11. The highest BCUT2D eigenvalue weighted by Gasteiger charge is 2.17. The van der Waals surface area contributed by atoms with Gasteiger partial charge < -0.3 is 24.8 Å². The summed E-state index contributed by atoms with van der Waals surface area (Å²) in [5.74, 6) is 1.70. The van der Waals surface area contributed by atoms with Gasteiger partial charge in [-0.3, -0.25) is 4.90 Å². The maximum absolute atomic E-state index is 5.45. The molecule has 0 saturated carbocycles. The number of hydrogen-bond donors (Lipinski definition) is 2. The third-order valence-electron chi connectivity index (χ3n) is 4.77. The lowest BCUT2D eigenvalue weighted by Gasteiger charge is -2.32. The number of nitrogens with one attached hydrogen (secondary N) is 2. The minimum absolute atomic E-state index is 0. The second-order valence-corrected chi connectivity index (χ2v) is 6.87. The third-order valence-corrected chi connectivity index (χ3v) is 4.77. The molecule has 2 N–H and O–H groups in total. The Labute approximate surface area is 192 Å². The Balaban J connectivity index is 0.00000420. The zero-order chi connectivity index (χ0) is 20.0. The summed E-state index contributed by atoms with van der Waals surface area (Å²) in [5.41, 5.74) is 1.15. The molecule has 2 rings (SSSR count). The second-order valence-electron chi connectivity index (χ2n) is 6.87. The van der Waals surface area contributed by atoms with Crippen molar-refractivity contribution >= 4 is 29.9 Å². The molecule has 0 aliphatic carbocycles. The first-order valence-corrected chi connectivity index (χ1v) is 10.3. The second kappa shape index (κ2) is 15.7. The maximum Gasteiger partial charge on any atom is 0.191 e. The van der Waals surface area contributed by atoms with E-state index in [9.17, 15) is 0 Å². The van der Waals surface area contributed by atoms with Gasteiger partial charge in [-0.15, -0.1) is 24.0 Å². The largest absolute Gasteiger partial charge is 0.497 e. The predicted octanol–water partition coefficient (Wildman–Crippen LogP) is 2.50. The van der Waals surface area contributed by atoms with Crippen molar-refractivity contribution in [3.8, 4) is 5.75 Å². The van der Waals surface area contributed by atoms with Gasteiger partial charge in [-0.1, -0.05) is 12.1 Å². The van der Waals surface area contributed by atoms with Crippen LogP contribution in [0.25, 0.3) is 0 Å². The van der Waals surface area contributed by atoms with Gasteiger partial charge in [0.15, 0.2) is 5.96 Å². The number of hydrogen-bond acceptors (Lipinski definition) is 5. The summed E-state index contributed by atoms with van der Waals surface area (Å²) >= 11 is 0. The van der Waals surface area contributed by atoms with E-state index in [-0.39, 0.29) is 24.0 Å². The van der Waals surface area contributed by atoms with Crippen LogP contribution in [-0.4, -0.2) is 76.6 Å². The van der Waals surface area contributed by atoms with Crippen LogP contribution in [0.15, 0.2) is 29.3 Å². The molecule has 1 saturated heterocycles. The first-order chi connectivity index (χ1) is 13.7. The molecule has 0 bridgehead atoms. The average molecular weight is 520 g/mol. The smallest absolute Gasteiger partial charge is 0.191 e. The summed E-state index contributed by atoms with van der Waals surface area (Å²) in [6, 6.07) is 8.46. The van der Waals surface area contributed by atoms with Gasteiger partial charge in [-0.25, -0.2) is 4.99 Å². The lowest BCUT2D eigenvalue weighted by Crippen LogP contribution is -2.49. The first-order valence-electron chi connectivity index (χ1n) is 10.3. The number of methoxy groups -OCH3 is 1. The molecule has 0 amide bonds. The normalized spacial score (nSPS) is 16.0. The predicted molar refractivity (Wildman–Crippen MR) is 129 cm³/mol. The van der Waals surface area contributed by atoms with Gasteiger partial charge in [0.1, 0.15) is 5.75 Å². The molecule has 7 nitrogen and oxygen atoms in total. The van der Waals surface area contributed by atoms with Crippen molar-refractivity contribution in [2.24, 2.45) is 4.99 Å². The van der Waals surface area contributed by atoms with Crippen molar-refractivity contribution in [2.45, 2.75) is 32.9 Å². The van der Waals surface area contributed by atoms with Gasteiger partial charge in [0.2, 0.25) is 0 Å². The van der Waals surface area contributed by atoms with Crippen molar-refractivity contribution < 1.29 is 14.2 Å². The molecule has 1 aliphatic rings. The molecular formula is C21H37IN4O3. The molecular weight excluding hydrogens is 483 g/mol. The summed E-state index contributed by atoms with van der Waals surface area (Å²) in [6.07, 6.45) is 0.954. The minimum Gasteiger partial charge on any atom is -0.497 e. The molecule has 0 aromatic heterocycles. The van der Waals surface area contributed by atoms with Crippen LogP contribution in [0, 0.1) is 0 Å². The van der Waals surface area contributed by atoms with E-state index in [2.05, 4.69) is 22.5 Å². The summed E-state index contributed by atoms with van der Waals surface area (Å²) in [4.78, 5) is 7.21. The van der Waals surface area contributed by atoms with Crippen LogP contribution in [0.1, 0.15) is 25.8 Å². The number of benzene rings is 1. The third kappa shape index (κ3) is 10.5. The molecule has 1 unspecified atom stereocenters. The highest BCUT2D eigenvalue weighted by atomic mass is 127. The van der Waals surface area contributed by atoms with E-state index in [1.165, 1.54) is 0 Å². The standard InChI is InChI=1S/C21H36N4O3.HI/c1-4-27-13-5-10-22-21(23-16-18(2)25-11-14-28-15-12-25)24-17-19-6-8-20(26-3)9-7-19;/h6-9,18H,4-5,10-17H2,1-3H3,(H2,22,23,24);1H. The van der Waals surface area contributed by atoms with Gasteiger partial charge >= 0.3 is 0 Å². The van der Waals surface area contributed by atoms with E-state index in [0.29, 0.717) is 12.6 Å². The van der Waals surface area contributed by atoms with Crippen LogP contribution in [-0.2, 0) is 16.0 Å². The maximum atomic E-state index is 5.45. The molecule has 0 radical (unpaired) electrons. The zero-order valence-electron chi connectivity index (χ0n) is 18.0. The topological polar surface area (TPSA) is 67.3 Å². The van der Waals surface area contributed by atoms with Crippen molar-refractivity contribution in [3.05, 3.63) is 29.8 Å². The van der Waals surface area contributed by atoms with E-state index in [1.807, 2.05) is 31.2 Å². The Kier molecular flexibility index (Phi) is 14.0. The monoisotopic (exact) mass is 520 g/mol. The molecule has 8 heteroatoms. The Morgan fingerprint density at radius 2 is 1.93 bits per heavy atom. The Bertz CT molecular complexity index is 566. The van der Waals surface area contributed by atoms with Crippen molar-refractivity contribution in [1.29, 1.82) is 0 Å². The summed E-state index contributed by atoms with van der Waals surface area (Å²) in [6.45, 7) is 11.7. The van der Waals surface area contributed by atoms with Gasteiger partial charge in [0, 0.05) is 45.4 Å². The van der Waals surface area contributed by atoms with Crippen LogP contribution in [0.3, 0.4) is 0 Å². The summed E-state index contributed by atoms with van der Waals surface area (Å²) in [5, 5.41) is 6.91. The molecule has 1 aromatic rings. The molecule has 1 atom stereocenters. The minimum atomic E-state index is 0. The van der Waals surface area contributed by atoms with Crippen molar-refractivity contribution in [3.63, 3.8) is 0 Å². The zero-order valence-corrected chi connectivity index (χ0v) is 20.3. The van der Waals surface area contributed by atoms with E-state index in [0.717, 1.165) is 76.3 Å². The van der Waals surface area contributed by atoms with Crippen molar-refractivity contribution in [2.75, 3.05) is 59.7 Å².